The van der Waals surface area contributed by atoms with Crippen LogP contribution >= 0.6 is 0 Å². The molecule has 9 nitrogen and oxygen atoms in total. The number of nitrogens with zero attached hydrogens (tertiary/aromatic N) is 2. The quantitative estimate of drug-likeness (QED) is 0.170. The molecule has 2 aliphatic heterocycles. The molecule has 3 aromatic carbocycles. The van der Waals surface area contributed by atoms with Crippen LogP contribution in [0.4, 0.5) is 0 Å². The monoisotopic (exact) mass is 787 g/mol. The van der Waals surface area contributed by atoms with Crippen molar-refractivity contribution in [3.8, 4) is 17.0 Å². The average Bonchev–Trinajstić information content (AvgIpc) is 4.09. The van der Waals surface area contributed by atoms with Gasteiger partial charge in [0.05, 0.1) is 34.0 Å². The summed E-state index contributed by atoms with van der Waals surface area (Å²) >= 11 is 0. The highest BCUT2D eigenvalue weighted by molar-refractivity contribution is 7.91. The van der Waals surface area contributed by atoms with Gasteiger partial charge in [-0.2, -0.15) is 0 Å². The fourth-order valence-corrected chi connectivity index (χ4v) is 10.2. The first-order valence-corrected chi connectivity index (χ1v) is 22.2. The Morgan fingerprint density at radius 1 is 0.965 bits per heavy atom. The van der Waals surface area contributed by atoms with E-state index in [0.29, 0.717) is 31.4 Å². The molecule has 2 aliphatic carbocycles. The number of ether oxygens (including phenoxy) is 1. The first-order chi connectivity index (χ1) is 27.4. The van der Waals surface area contributed by atoms with Gasteiger partial charge < -0.3 is 9.64 Å². The second-order valence-corrected chi connectivity index (χ2v) is 19.4. The number of aryl methyl sites for hydroxylation is 2. The molecule has 4 aromatic rings. The molecular formula is C47H53N3O6S. The molecule has 0 spiro atoms. The first-order valence-electron chi connectivity index (χ1n) is 20.7. The number of fused-ring (bicyclic) bond motifs is 3. The molecule has 2 saturated carbocycles. The maximum Gasteiger partial charge on any atom is 0.240 e. The fourth-order valence-electron chi connectivity index (χ4n) is 8.82. The molecule has 3 fully saturated rings. The maximum atomic E-state index is 14.9. The van der Waals surface area contributed by atoms with Crippen LogP contribution in [-0.2, 0) is 30.8 Å². The number of amides is 2. The van der Waals surface area contributed by atoms with Crippen molar-refractivity contribution in [2.75, 3.05) is 6.54 Å². The van der Waals surface area contributed by atoms with Gasteiger partial charge in [0, 0.05) is 35.8 Å². The van der Waals surface area contributed by atoms with Crippen molar-refractivity contribution < 1.29 is 27.5 Å². The van der Waals surface area contributed by atoms with Crippen LogP contribution in [0.1, 0.15) is 88.7 Å². The van der Waals surface area contributed by atoms with Crippen molar-refractivity contribution in [3.63, 3.8) is 0 Å². The third-order valence-electron chi connectivity index (χ3n) is 12.9. The smallest absolute Gasteiger partial charge is 0.240 e. The third-order valence-corrected chi connectivity index (χ3v) is 15.0. The van der Waals surface area contributed by atoms with E-state index in [1.807, 2.05) is 85.8 Å². The van der Waals surface area contributed by atoms with Crippen molar-refractivity contribution >= 4 is 38.5 Å². The predicted octanol–water partition coefficient (Wildman–Crippen LogP) is 8.29. The molecule has 298 valence electrons. The highest BCUT2D eigenvalue weighted by atomic mass is 32.2. The normalized spacial score (nSPS) is 26.7. The number of carbonyl (C=O) groups excluding carboxylic acids is 3. The van der Waals surface area contributed by atoms with E-state index in [-0.39, 0.29) is 42.9 Å². The Hall–Kier alpha value is -4.83. The Morgan fingerprint density at radius 3 is 2.47 bits per heavy atom. The largest absolute Gasteiger partial charge is 0.488 e. The number of allylic oxidation sites excluding steroid dienone is 2. The Kier molecular flexibility index (Phi) is 10.8. The molecule has 0 bridgehead atoms. The number of rotatable bonds is 9. The zero-order chi connectivity index (χ0) is 39.8. The SMILES string of the molecule is Cc1ccc2c(O[C@@H]3C[C@H]4C(=O)C[C@]5(C(=O)NS(=O)(=O)C6(C)CC6)C[C@@H]5/C=C\CCCCC[C@H](CCc5ccccc5)C(=O)N4C3)cc(-c3ccccc3)nc2c1. The minimum atomic E-state index is -3.91. The molecular weight excluding hydrogens is 735 g/mol. The van der Waals surface area contributed by atoms with Gasteiger partial charge >= 0.3 is 0 Å². The number of hydrogen-bond donors (Lipinski definition) is 1. The summed E-state index contributed by atoms with van der Waals surface area (Å²) in [4.78, 5) is 50.4. The van der Waals surface area contributed by atoms with Crippen molar-refractivity contribution in [3.05, 3.63) is 108 Å². The first kappa shape index (κ1) is 39.0. The van der Waals surface area contributed by atoms with E-state index in [2.05, 4.69) is 22.9 Å². The molecule has 10 heteroatoms. The van der Waals surface area contributed by atoms with E-state index in [1.165, 1.54) is 5.56 Å². The van der Waals surface area contributed by atoms with Gasteiger partial charge in [0.15, 0.2) is 5.78 Å². The van der Waals surface area contributed by atoms with Crippen LogP contribution in [0.5, 0.6) is 5.75 Å². The Labute approximate surface area is 336 Å². The number of sulfonamides is 1. The zero-order valence-electron chi connectivity index (χ0n) is 33.0. The number of nitrogens with one attached hydrogen (secondary N) is 1. The summed E-state index contributed by atoms with van der Waals surface area (Å²) in [6.45, 7) is 3.90. The molecule has 8 rings (SSSR count). The second kappa shape index (κ2) is 15.8. The highest BCUT2D eigenvalue weighted by Crippen LogP contribution is 2.57. The number of hydrogen-bond acceptors (Lipinski definition) is 7. The van der Waals surface area contributed by atoms with E-state index in [9.17, 15) is 22.8 Å². The highest BCUT2D eigenvalue weighted by Gasteiger charge is 2.62. The lowest BCUT2D eigenvalue weighted by Crippen LogP contribution is -2.47. The number of carbonyl (C=O) groups is 3. The van der Waals surface area contributed by atoms with Crippen molar-refractivity contribution in [1.82, 2.24) is 14.6 Å². The summed E-state index contributed by atoms with van der Waals surface area (Å²) in [6, 6.07) is 27.3. The van der Waals surface area contributed by atoms with Gasteiger partial charge in [0.25, 0.3) is 0 Å². The van der Waals surface area contributed by atoms with Crippen molar-refractivity contribution in [2.24, 2.45) is 17.3 Å². The number of ketones is 1. The Bertz CT molecular complexity index is 2290. The number of aromatic nitrogens is 1. The van der Waals surface area contributed by atoms with Gasteiger partial charge in [0.1, 0.15) is 11.9 Å². The van der Waals surface area contributed by atoms with E-state index < -0.39 is 38.2 Å². The van der Waals surface area contributed by atoms with Crippen LogP contribution in [0.2, 0.25) is 0 Å². The summed E-state index contributed by atoms with van der Waals surface area (Å²) in [5.41, 5.74) is 3.56. The van der Waals surface area contributed by atoms with Crippen LogP contribution in [0.25, 0.3) is 22.2 Å². The summed E-state index contributed by atoms with van der Waals surface area (Å²) in [5, 5.41) is 0.844. The molecule has 3 heterocycles. The maximum absolute atomic E-state index is 14.9. The molecule has 1 N–H and O–H groups in total. The van der Waals surface area contributed by atoms with E-state index in [4.69, 9.17) is 9.72 Å². The molecule has 2 amide bonds. The van der Waals surface area contributed by atoms with Gasteiger partial charge in [-0.25, -0.2) is 13.4 Å². The molecule has 57 heavy (non-hydrogen) atoms. The summed E-state index contributed by atoms with van der Waals surface area (Å²) in [6.07, 6.45) is 10.8. The van der Waals surface area contributed by atoms with Gasteiger partial charge in [-0.05, 0) is 94.4 Å². The third kappa shape index (κ3) is 8.29. The number of Topliss-reactive ketones (excluding diaryl/α,β-unsaturated/α-hetero) is 1. The van der Waals surface area contributed by atoms with Gasteiger partial charge in [-0.3, -0.25) is 19.1 Å². The standard InChI is InChI=1S/C47H53N3O6S/c1-32-20-23-38-40(26-32)48-39(34-16-11-7-12-17-34)28-43(38)56-37-27-41-42(51)30-47(45(53)49-57(54,55)46(2)24-25-46)29-36(47)19-13-5-3-4-10-18-35(44(52)50(41)31-37)22-21-33-14-8-6-9-15-33/h6-9,11-17,19-20,23,26,28,35-37,41H,3-5,10,18,21-22,24-25,27,29-31H2,1-2H3,(H,49,53)/b19-13-/t35-,36+,37-,41+,47-/m1/s1. The van der Waals surface area contributed by atoms with E-state index in [0.717, 1.165) is 66.2 Å². The molecule has 1 aromatic heterocycles. The molecule has 0 unspecified atom stereocenters. The van der Waals surface area contributed by atoms with Crippen LogP contribution < -0.4 is 9.46 Å². The second-order valence-electron chi connectivity index (χ2n) is 17.2. The van der Waals surface area contributed by atoms with Gasteiger partial charge in [0.2, 0.25) is 21.8 Å². The molecule has 1 saturated heterocycles. The lowest BCUT2D eigenvalue weighted by Gasteiger charge is -2.29. The minimum Gasteiger partial charge on any atom is -0.488 e. The summed E-state index contributed by atoms with van der Waals surface area (Å²) in [5.74, 6) is -0.808. The summed E-state index contributed by atoms with van der Waals surface area (Å²) in [7, 11) is -3.91. The number of pyridine rings is 1. The van der Waals surface area contributed by atoms with Crippen LogP contribution in [0.3, 0.4) is 0 Å². The topological polar surface area (TPSA) is 123 Å². The Balaban J connectivity index is 1.12. The molecule has 4 aliphatic rings. The lowest BCUT2D eigenvalue weighted by atomic mass is 9.90. The van der Waals surface area contributed by atoms with E-state index in [1.54, 1.807) is 11.8 Å². The fraction of sp³-hybridized carbons (Fsp3) is 0.447. The predicted molar refractivity (Wildman–Crippen MR) is 222 cm³/mol. The zero-order valence-corrected chi connectivity index (χ0v) is 33.8. The van der Waals surface area contributed by atoms with Crippen molar-refractivity contribution in [2.45, 2.75) is 108 Å². The summed E-state index contributed by atoms with van der Waals surface area (Å²) < 4.78 is 34.8. The van der Waals surface area contributed by atoms with Gasteiger partial charge in [-0.1, -0.05) is 91.7 Å². The average molecular weight is 788 g/mol. The Morgan fingerprint density at radius 2 is 1.72 bits per heavy atom. The van der Waals surface area contributed by atoms with Gasteiger partial charge in [-0.15, -0.1) is 0 Å². The van der Waals surface area contributed by atoms with E-state index >= 15 is 0 Å². The van der Waals surface area contributed by atoms with Crippen LogP contribution in [-0.4, -0.2) is 59.3 Å². The molecule has 0 radical (unpaired) electrons. The minimum absolute atomic E-state index is 0.0568. The van der Waals surface area contributed by atoms with Crippen molar-refractivity contribution in [1.29, 1.82) is 0 Å². The lowest BCUT2D eigenvalue weighted by molar-refractivity contribution is -0.142. The van der Waals surface area contributed by atoms with Crippen LogP contribution in [0, 0.1) is 24.2 Å². The molecule has 5 atom stereocenters. The number of benzene rings is 3. The van der Waals surface area contributed by atoms with Crippen LogP contribution in [0.15, 0.2) is 97.1 Å².